The zero-order valence-corrected chi connectivity index (χ0v) is 11.8. The van der Waals surface area contributed by atoms with Crippen molar-refractivity contribution in [2.45, 2.75) is 6.92 Å². The summed E-state index contributed by atoms with van der Waals surface area (Å²) < 4.78 is 5.45. The van der Waals surface area contributed by atoms with Crippen molar-refractivity contribution in [1.82, 2.24) is 0 Å². The summed E-state index contributed by atoms with van der Waals surface area (Å²) in [7, 11) is 0. The SMILES string of the molecule is Cc1cc(Cl)ccc1OCC(=O)Nc1ccccc1N. The van der Waals surface area contributed by atoms with E-state index in [9.17, 15) is 4.79 Å². The topological polar surface area (TPSA) is 64.3 Å². The van der Waals surface area contributed by atoms with Crippen LogP contribution < -0.4 is 15.8 Å². The quantitative estimate of drug-likeness (QED) is 0.850. The average Bonchev–Trinajstić information content (AvgIpc) is 2.40. The summed E-state index contributed by atoms with van der Waals surface area (Å²) in [6.07, 6.45) is 0. The van der Waals surface area contributed by atoms with Gasteiger partial charge in [-0.2, -0.15) is 0 Å². The van der Waals surface area contributed by atoms with E-state index in [0.29, 0.717) is 22.1 Å². The summed E-state index contributed by atoms with van der Waals surface area (Å²) in [5.41, 5.74) is 7.72. The van der Waals surface area contributed by atoms with Crippen molar-refractivity contribution in [1.29, 1.82) is 0 Å². The molecule has 0 aliphatic heterocycles. The highest BCUT2D eigenvalue weighted by molar-refractivity contribution is 6.30. The van der Waals surface area contributed by atoms with E-state index in [2.05, 4.69) is 5.32 Å². The maximum Gasteiger partial charge on any atom is 0.262 e. The molecule has 0 bridgehead atoms. The molecule has 0 fully saturated rings. The summed E-state index contributed by atoms with van der Waals surface area (Å²) in [5.74, 6) is 0.364. The molecule has 2 rings (SSSR count). The van der Waals surface area contributed by atoms with Crippen LogP contribution in [0.25, 0.3) is 0 Å². The molecular formula is C15H15ClN2O2. The smallest absolute Gasteiger partial charge is 0.262 e. The Bertz CT molecular complexity index is 629. The average molecular weight is 291 g/mol. The Balaban J connectivity index is 1.94. The Kier molecular flexibility index (Phi) is 4.48. The number of nitrogens with two attached hydrogens (primary N) is 1. The Morgan fingerprint density at radius 1 is 1.30 bits per heavy atom. The van der Waals surface area contributed by atoms with Gasteiger partial charge in [0.1, 0.15) is 5.75 Å². The first-order chi connectivity index (χ1) is 9.56. The largest absolute Gasteiger partial charge is 0.483 e. The molecule has 0 saturated carbocycles. The lowest BCUT2D eigenvalue weighted by Crippen LogP contribution is -2.21. The fraction of sp³-hybridized carbons (Fsp3) is 0.133. The first-order valence-corrected chi connectivity index (χ1v) is 6.47. The van der Waals surface area contributed by atoms with E-state index >= 15 is 0 Å². The number of hydrogen-bond donors (Lipinski definition) is 2. The number of carbonyl (C=O) groups is 1. The molecule has 104 valence electrons. The summed E-state index contributed by atoms with van der Waals surface area (Å²) in [4.78, 5) is 11.8. The lowest BCUT2D eigenvalue weighted by atomic mass is 10.2. The van der Waals surface area contributed by atoms with E-state index in [0.717, 1.165) is 5.56 Å². The summed E-state index contributed by atoms with van der Waals surface area (Å²) in [6, 6.07) is 12.3. The zero-order chi connectivity index (χ0) is 14.5. The van der Waals surface area contributed by atoms with E-state index in [-0.39, 0.29) is 12.5 Å². The minimum absolute atomic E-state index is 0.0865. The number of ether oxygens (including phenoxy) is 1. The number of nitrogen functional groups attached to an aromatic ring is 1. The van der Waals surface area contributed by atoms with Crippen LogP contribution in [0.3, 0.4) is 0 Å². The van der Waals surface area contributed by atoms with Crippen LogP contribution in [0.4, 0.5) is 11.4 Å². The van der Waals surface area contributed by atoms with Crippen molar-refractivity contribution in [3.8, 4) is 5.75 Å². The summed E-state index contributed by atoms with van der Waals surface area (Å²) >= 11 is 5.86. The number of aryl methyl sites for hydroxylation is 1. The number of para-hydroxylation sites is 2. The number of halogens is 1. The van der Waals surface area contributed by atoms with Crippen LogP contribution in [0.5, 0.6) is 5.75 Å². The Morgan fingerprint density at radius 3 is 2.75 bits per heavy atom. The molecule has 3 N–H and O–H groups in total. The molecule has 0 heterocycles. The number of amides is 1. The Labute approximate surface area is 122 Å². The molecule has 0 atom stereocenters. The van der Waals surface area contributed by atoms with Gasteiger partial charge in [-0.3, -0.25) is 4.79 Å². The van der Waals surface area contributed by atoms with Crippen LogP contribution in [-0.2, 0) is 4.79 Å². The number of carbonyl (C=O) groups excluding carboxylic acids is 1. The second-order valence-corrected chi connectivity index (χ2v) is 4.77. The first kappa shape index (κ1) is 14.2. The van der Waals surface area contributed by atoms with E-state index < -0.39 is 0 Å². The maximum absolute atomic E-state index is 11.8. The molecule has 20 heavy (non-hydrogen) atoms. The van der Waals surface area contributed by atoms with E-state index in [1.54, 1.807) is 42.5 Å². The highest BCUT2D eigenvalue weighted by Crippen LogP contribution is 2.22. The van der Waals surface area contributed by atoms with Crippen molar-refractivity contribution < 1.29 is 9.53 Å². The van der Waals surface area contributed by atoms with Crippen LogP contribution in [0, 0.1) is 6.92 Å². The molecule has 0 unspecified atom stereocenters. The van der Waals surface area contributed by atoms with E-state index in [1.807, 2.05) is 6.92 Å². The molecule has 0 aromatic heterocycles. The molecule has 4 nitrogen and oxygen atoms in total. The van der Waals surface area contributed by atoms with Crippen molar-refractivity contribution >= 4 is 28.9 Å². The lowest BCUT2D eigenvalue weighted by Gasteiger charge is -2.10. The molecular weight excluding hydrogens is 276 g/mol. The predicted octanol–water partition coefficient (Wildman–Crippen LogP) is 3.25. The third kappa shape index (κ3) is 3.65. The van der Waals surface area contributed by atoms with Crippen molar-refractivity contribution in [3.05, 3.63) is 53.1 Å². The molecule has 0 spiro atoms. The fourth-order valence-corrected chi connectivity index (χ4v) is 1.94. The van der Waals surface area contributed by atoms with Gasteiger partial charge in [-0.05, 0) is 42.8 Å². The monoisotopic (exact) mass is 290 g/mol. The molecule has 5 heteroatoms. The van der Waals surface area contributed by atoms with Gasteiger partial charge in [0.2, 0.25) is 0 Å². The third-order valence-electron chi connectivity index (χ3n) is 2.73. The van der Waals surface area contributed by atoms with Crippen molar-refractivity contribution in [2.24, 2.45) is 0 Å². The van der Waals surface area contributed by atoms with E-state index in [1.165, 1.54) is 0 Å². The number of nitrogens with one attached hydrogen (secondary N) is 1. The molecule has 0 saturated heterocycles. The summed E-state index contributed by atoms with van der Waals surface area (Å²) in [5, 5.41) is 3.33. The van der Waals surface area contributed by atoms with Crippen LogP contribution in [0.1, 0.15) is 5.56 Å². The molecule has 2 aromatic carbocycles. The van der Waals surface area contributed by atoms with Gasteiger partial charge in [-0.1, -0.05) is 23.7 Å². The van der Waals surface area contributed by atoms with Crippen LogP contribution in [-0.4, -0.2) is 12.5 Å². The lowest BCUT2D eigenvalue weighted by molar-refractivity contribution is -0.118. The van der Waals surface area contributed by atoms with Gasteiger partial charge < -0.3 is 15.8 Å². The molecule has 1 amide bonds. The minimum atomic E-state index is -0.266. The second kappa shape index (κ2) is 6.30. The van der Waals surface area contributed by atoms with Gasteiger partial charge in [-0.15, -0.1) is 0 Å². The highest BCUT2D eigenvalue weighted by atomic mass is 35.5. The van der Waals surface area contributed by atoms with Crippen LogP contribution in [0.2, 0.25) is 5.02 Å². The van der Waals surface area contributed by atoms with Crippen LogP contribution >= 0.6 is 11.6 Å². The fourth-order valence-electron chi connectivity index (χ4n) is 1.72. The Hall–Kier alpha value is -2.20. The number of hydrogen-bond acceptors (Lipinski definition) is 3. The maximum atomic E-state index is 11.8. The predicted molar refractivity (Wildman–Crippen MR) is 81.2 cm³/mol. The van der Waals surface area contributed by atoms with Crippen molar-refractivity contribution in [2.75, 3.05) is 17.7 Å². The second-order valence-electron chi connectivity index (χ2n) is 4.33. The first-order valence-electron chi connectivity index (χ1n) is 6.09. The standard InChI is InChI=1S/C15H15ClN2O2/c1-10-8-11(16)6-7-14(10)20-9-15(19)18-13-5-3-2-4-12(13)17/h2-8H,9,17H2,1H3,(H,18,19). The third-order valence-corrected chi connectivity index (χ3v) is 2.97. The van der Waals surface area contributed by atoms with Gasteiger partial charge in [0.15, 0.2) is 6.61 Å². The Morgan fingerprint density at radius 2 is 2.05 bits per heavy atom. The molecule has 2 aromatic rings. The molecule has 0 aliphatic rings. The van der Waals surface area contributed by atoms with Gasteiger partial charge >= 0.3 is 0 Å². The minimum Gasteiger partial charge on any atom is -0.483 e. The molecule has 0 aliphatic carbocycles. The van der Waals surface area contributed by atoms with Gasteiger partial charge in [-0.25, -0.2) is 0 Å². The highest BCUT2D eigenvalue weighted by Gasteiger charge is 2.07. The molecule has 0 radical (unpaired) electrons. The number of benzene rings is 2. The van der Waals surface area contributed by atoms with Gasteiger partial charge in [0.25, 0.3) is 5.91 Å². The normalized spacial score (nSPS) is 10.1. The van der Waals surface area contributed by atoms with Gasteiger partial charge in [0.05, 0.1) is 11.4 Å². The van der Waals surface area contributed by atoms with Gasteiger partial charge in [0, 0.05) is 5.02 Å². The van der Waals surface area contributed by atoms with Crippen LogP contribution in [0.15, 0.2) is 42.5 Å². The zero-order valence-electron chi connectivity index (χ0n) is 11.0. The summed E-state index contributed by atoms with van der Waals surface area (Å²) in [6.45, 7) is 1.78. The number of rotatable bonds is 4. The van der Waals surface area contributed by atoms with E-state index in [4.69, 9.17) is 22.1 Å². The van der Waals surface area contributed by atoms with Crippen molar-refractivity contribution in [3.63, 3.8) is 0 Å². The number of anilines is 2.